The summed E-state index contributed by atoms with van der Waals surface area (Å²) < 4.78 is 15.1. The monoisotopic (exact) mass is 220 g/mol. The maximum Gasteiger partial charge on any atom is 0.342 e. The van der Waals surface area contributed by atoms with Crippen LogP contribution in [0.3, 0.4) is 0 Å². The molecule has 0 saturated heterocycles. The van der Waals surface area contributed by atoms with Crippen molar-refractivity contribution in [2.75, 3.05) is 20.8 Å². The van der Waals surface area contributed by atoms with Gasteiger partial charge in [-0.3, -0.25) is 0 Å². The smallest absolute Gasteiger partial charge is 0.342 e. The quantitative estimate of drug-likeness (QED) is 0.726. The van der Waals surface area contributed by atoms with Crippen LogP contribution in [0.5, 0.6) is 5.75 Å². The Balaban J connectivity index is 2.46. The van der Waals surface area contributed by atoms with Crippen LogP contribution in [0.25, 0.3) is 5.57 Å². The molecule has 1 aliphatic rings. The molecule has 4 nitrogen and oxygen atoms in total. The second-order valence-corrected chi connectivity index (χ2v) is 3.31. The molecule has 0 amide bonds. The minimum Gasteiger partial charge on any atom is -0.497 e. The predicted octanol–water partition coefficient (Wildman–Crippen LogP) is 1.61. The average Bonchev–Trinajstić information content (AvgIpc) is 2.70. The van der Waals surface area contributed by atoms with E-state index in [4.69, 9.17) is 14.2 Å². The number of carbonyl (C=O) groups excluding carboxylic acids is 1. The van der Waals surface area contributed by atoms with Gasteiger partial charge in [0.15, 0.2) is 0 Å². The van der Waals surface area contributed by atoms with Crippen LogP contribution in [0.1, 0.15) is 5.56 Å². The Morgan fingerprint density at radius 1 is 1.25 bits per heavy atom. The summed E-state index contributed by atoms with van der Waals surface area (Å²) in [5.74, 6) is 0.892. The fraction of sp³-hybridized carbons (Fsp3) is 0.250. The molecule has 0 aliphatic carbocycles. The molecule has 0 unspecified atom stereocenters. The van der Waals surface area contributed by atoms with Gasteiger partial charge >= 0.3 is 5.97 Å². The third-order valence-electron chi connectivity index (χ3n) is 2.42. The summed E-state index contributed by atoms with van der Waals surface area (Å²) in [6, 6.07) is 7.24. The highest BCUT2D eigenvalue weighted by molar-refractivity contribution is 6.18. The Morgan fingerprint density at radius 3 is 2.75 bits per heavy atom. The first kappa shape index (κ1) is 10.5. The normalized spacial score (nSPS) is 15.0. The van der Waals surface area contributed by atoms with E-state index in [1.165, 1.54) is 7.11 Å². The van der Waals surface area contributed by atoms with E-state index in [-0.39, 0.29) is 12.6 Å². The Hall–Kier alpha value is -1.97. The van der Waals surface area contributed by atoms with Gasteiger partial charge in [-0.1, -0.05) is 12.1 Å². The first-order chi connectivity index (χ1) is 7.76. The van der Waals surface area contributed by atoms with Gasteiger partial charge in [0.2, 0.25) is 0 Å². The number of cyclic esters (lactones) is 1. The zero-order chi connectivity index (χ0) is 11.5. The lowest BCUT2D eigenvalue weighted by Crippen LogP contribution is -1.99. The summed E-state index contributed by atoms with van der Waals surface area (Å²) in [7, 11) is 3.11. The Labute approximate surface area is 93.4 Å². The number of carbonyl (C=O) groups is 1. The molecule has 0 aromatic heterocycles. The lowest BCUT2D eigenvalue weighted by atomic mass is 10.1. The fourth-order valence-electron chi connectivity index (χ4n) is 1.61. The summed E-state index contributed by atoms with van der Waals surface area (Å²) >= 11 is 0. The van der Waals surface area contributed by atoms with E-state index in [0.717, 1.165) is 5.56 Å². The Morgan fingerprint density at radius 2 is 2.06 bits per heavy atom. The van der Waals surface area contributed by atoms with E-state index in [9.17, 15) is 4.79 Å². The van der Waals surface area contributed by atoms with Gasteiger partial charge in [-0.25, -0.2) is 4.79 Å². The van der Waals surface area contributed by atoms with E-state index in [0.29, 0.717) is 17.1 Å². The van der Waals surface area contributed by atoms with Crippen LogP contribution in [0, 0.1) is 0 Å². The Kier molecular flexibility index (Phi) is 2.81. The largest absolute Gasteiger partial charge is 0.497 e. The molecule has 0 bridgehead atoms. The van der Waals surface area contributed by atoms with Gasteiger partial charge in [-0.15, -0.1) is 0 Å². The van der Waals surface area contributed by atoms with Crippen LogP contribution >= 0.6 is 0 Å². The molecule has 0 radical (unpaired) electrons. The topological polar surface area (TPSA) is 44.8 Å². The van der Waals surface area contributed by atoms with E-state index in [2.05, 4.69) is 0 Å². The number of hydrogen-bond acceptors (Lipinski definition) is 4. The zero-order valence-electron chi connectivity index (χ0n) is 9.15. The van der Waals surface area contributed by atoms with Crippen LogP contribution in [-0.2, 0) is 14.3 Å². The molecule has 2 rings (SSSR count). The van der Waals surface area contributed by atoms with Crippen molar-refractivity contribution in [3.63, 3.8) is 0 Å². The van der Waals surface area contributed by atoms with Gasteiger partial charge in [0.25, 0.3) is 0 Å². The SMILES string of the molecule is COC1=C(c2cccc(OC)c2)C(=O)OC1. The first-order valence-electron chi connectivity index (χ1n) is 4.85. The number of methoxy groups -OCH3 is 2. The van der Waals surface area contributed by atoms with Crippen LogP contribution in [0.2, 0.25) is 0 Å². The average molecular weight is 220 g/mol. The number of esters is 1. The predicted molar refractivity (Wildman–Crippen MR) is 57.9 cm³/mol. The summed E-state index contributed by atoms with van der Waals surface area (Å²) in [4.78, 5) is 11.5. The van der Waals surface area contributed by atoms with Crippen LogP contribution in [-0.4, -0.2) is 26.8 Å². The Bertz CT molecular complexity index is 448. The molecule has 0 saturated carbocycles. The summed E-state index contributed by atoms with van der Waals surface area (Å²) in [6.45, 7) is 0.196. The second kappa shape index (κ2) is 4.26. The van der Waals surface area contributed by atoms with E-state index >= 15 is 0 Å². The highest BCUT2D eigenvalue weighted by Crippen LogP contribution is 2.28. The van der Waals surface area contributed by atoms with Crippen molar-refractivity contribution in [3.05, 3.63) is 35.6 Å². The van der Waals surface area contributed by atoms with Gasteiger partial charge < -0.3 is 14.2 Å². The van der Waals surface area contributed by atoms with Gasteiger partial charge in [-0.05, 0) is 17.7 Å². The van der Waals surface area contributed by atoms with Crippen molar-refractivity contribution in [1.29, 1.82) is 0 Å². The van der Waals surface area contributed by atoms with Crippen molar-refractivity contribution in [2.45, 2.75) is 0 Å². The third-order valence-corrected chi connectivity index (χ3v) is 2.42. The summed E-state index contributed by atoms with van der Waals surface area (Å²) in [6.07, 6.45) is 0. The molecular weight excluding hydrogens is 208 g/mol. The summed E-state index contributed by atoms with van der Waals surface area (Å²) in [5, 5.41) is 0. The number of ether oxygens (including phenoxy) is 3. The molecule has 1 aliphatic heterocycles. The molecule has 16 heavy (non-hydrogen) atoms. The van der Waals surface area contributed by atoms with Gasteiger partial charge in [0.05, 0.1) is 14.2 Å². The van der Waals surface area contributed by atoms with Crippen LogP contribution in [0.4, 0.5) is 0 Å². The second-order valence-electron chi connectivity index (χ2n) is 3.31. The number of hydrogen-bond donors (Lipinski definition) is 0. The number of rotatable bonds is 3. The van der Waals surface area contributed by atoms with Crippen LogP contribution < -0.4 is 4.74 Å². The van der Waals surface area contributed by atoms with Gasteiger partial charge in [0.1, 0.15) is 23.7 Å². The lowest BCUT2D eigenvalue weighted by Gasteiger charge is -2.04. The van der Waals surface area contributed by atoms with Crippen molar-refractivity contribution in [3.8, 4) is 5.75 Å². The molecule has 1 heterocycles. The van der Waals surface area contributed by atoms with Gasteiger partial charge in [0, 0.05) is 0 Å². The van der Waals surface area contributed by atoms with Crippen molar-refractivity contribution in [1.82, 2.24) is 0 Å². The third kappa shape index (κ3) is 1.74. The molecule has 0 spiro atoms. The molecule has 0 fully saturated rings. The molecule has 4 heteroatoms. The minimum absolute atomic E-state index is 0.196. The highest BCUT2D eigenvalue weighted by Gasteiger charge is 2.27. The van der Waals surface area contributed by atoms with Crippen molar-refractivity contribution >= 4 is 11.5 Å². The van der Waals surface area contributed by atoms with E-state index in [1.54, 1.807) is 13.2 Å². The molecule has 0 atom stereocenters. The first-order valence-corrected chi connectivity index (χ1v) is 4.85. The van der Waals surface area contributed by atoms with Crippen molar-refractivity contribution < 1.29 is 19.0 Å². The van der Waals surface area contributed by atoms with E-state index < -0.39 is 0 Å². The highest BCUT2D eigenvalue weighted by atomic mass is 16.6. The molecular formula is C12H12O4. The van der Waals surface area contributed by atoms with E-state index in [1.807, 2.05) is 18.2 Å². The maximum atomic E-state index is 11.5. The fourth-order valence-corrected chi connectivity index (χ4v) is 1.61. The maximum absolute atomic E-state index is 11.5. The minimum atomic E-state index is -0.356. The molecule has 1 aromatic carbocycles. The van der Waals surface area contributed by atoms with Crippen molar-refractivity contribution in [2.24, 2.45) is 0 Å². The van der Waals surface area contributed by atoms with Crippen LogP contribution in [0.15, 0.2) is 30.0 Å². The lowest BCUT2D eigenvalue weighted by molar-refractivity contribution is -0.134. The number of benzene rings is 1. The molecule has 1 aromatic rings. The van der Waals surface area contributed by atoms with Gasteiger partial charge in [-0.2, -0.15) is 0 Å². The molecule has 0 N–H and O–H groups in total. The molecule has 84 valence electrons. The zero-order valence-corrected chi connectivity index (χ0v) is 9.15. The standard InChI is InChI=1S/C12H12O4/c1-14-9-5-3-4-8(6-9)11-10(15-2)7-16-12(11)13/h3-6H,7H2,1-2H3. The summed E-state index contributed by atoms with van der Waals surface area (Å²) in [5.41, 5.74) is 1.22.